The average molecular weight is 495 g/mol. The van der Waals surface area contributed by atoms with Gasteiger partial charge < -0.3 is 19.4 Å². The number of benzene rings is 2. The number of nitrogens with zero attached hydrogens (tertiary/aromatic N) is 4. The minimum atomic E-state index is -0.247. The number of halogens is 1. The van der Waals surface area contributed by atoms with Crippen LogP contribution in [0.2, 0.25) is 0 Å². The second kappa shape index (κ2) is 9.73. The largest absolute Gasteiger partial charge is 0.497 e. The Morgan fingerprint density at radius 3 is 2.28 bits per heavy atom. The number of hydrogen-bond donors (Lipinski definition) is 0. The van der Waals surface area contributed by atoms with E-state index < -0.39 is 0 Å². The van der Waals surface area contributed by atoms with E-state index in [1.165, 1.54) is 6.07 Å². The summed E-state index contributed by atoms with van der Waals surface area (Å²) in [6.07, 6.45) is 3.69. The second-order valence-electron chi connectivity index (χ2n) is 10.5. The molecule has 2 saturated heterocycles. The van der Waals surface area contributed by atoms with Crippen LogP contribution in [0, 0.1) is 5.82 Å². The van der Waals surface area contributed by atoms with Crippen molar-refractivity contribution < 1.29 is 18.7 Å². The molecule has 3 amide bonds. The number of rotatable bonds is 3. The highest BCUT2D eigenvalue weighted by molar-refractivity contribution is 5.95. The van der Waals surface area contributed by atoms with Crippen molar-refractivity contribution in [2.75, 3.05) is 58.8 Å². The predicted molar refractivity (Wildman–Crippen MR) is 137 cm³/mol. The number of carbonyl (C=O) groups is 2. The van der Waals surface area contributed by atoms with E-state index in [4.69, 9.17) is 4.74 Å². The first-order valence-corrected chi connectivity index (χ1v) is 12.8. The highest BCUT2D eigenvalue weighted by Crippen LogP contribution is 2.48. The van der Waals surface area contributed by atoms with Gasteiger partial charge in [0.15, 0.2) is 0 Å². The van der Waals surface area contributed by atoms with Crippen molar-refractivity contribution in [3.8, 4) is 5.75 Å². The van der Waals surface area contributed by atoms with E-state index in [2.05, 4.69) is 4.90 Å². The maximum absolute atomic E-state index is 14.3. The van der Waals surface area contributed by atoms with Gasteiger partial charge in [-0.15, -0.1) is 0 Å². The fourth-order valence-electron chi connectivity index (χ4n) is 6.15. The molecule has 0 aromatic heterocycles. The van der Waals surface area contributed by atoms with Gasteiger partial charge in [-0.1, -0.05) is 0 Å². The molecule has 1 spiro atoms. The van der Waals surface area contributed by atoms with Crippen LogP contribution in [-0.2, 0) is 5.41 Å². The van der Waals surface area contributed by atoms with Crippen LogP contribution in [0.4, 0.5) is 14.9 Å². The molecule has 3 aliphatic rings. The SMILES string of the molecule is COc1ccc(C(=O)N2CCC(N3CCC4(CC3)CN(C(=O)N(C)C)c3ccc(F)cc34)CC2)cc1. The highest BCUT2D eigenvalue weighted by Gasteiger charge is 2.47. The van der Waals surface area contributed by atoms with Crippen LogP contribution < -0.4 is 9.64 Å². The summed E-state index contributed by atoms with van der Waals surface area (Å²) < 4.78 is 19.4. The number of ether oxygens (including phenoxy) is 1. The standard InChI is InChI=1S/C28H35FN4O3/c1-30(2)27(35)33-19-28(24-18-21(29)6-9-25(24)33)12-16-31(17-13-28)22-10-14-32(15-11-22)26(34)20-4-7-23(36-3)8-5-20/h4-9,18,22H,10-17,19H2,1-3H3. The Kier molecular flexibility index (Phi) is 6.64. The molecule has 8 heteroatoms. The van der Waals surface area contributed by atoms with Gasteiger partial charge in [0, 0.05) is 56.4 Å². The molecule has 0 radical (unpaired) electrons. The number of carbonyl (C=O) groups excluding carboxylic acids is 2. The molecule has 0 N–H and O–H groups in total. The molecule has 2 aromatic rings. The molecule has 0 unspecified atom stereocenters. The van der Waals surface area contributed by atoms with Crippen molar-refractivity contribution in [3.05, 3.63) is 59.4 Å². The van der Waals surface area contributed by atoms with Crippen LogP contribution in [-0.4, -0.2) is 86.6 Å². The van der Waals surface area contributed by atoms with Gasteiger partial charge in [0.2, 0.25) is 0 Å². The van der Waals surface area contributed by atoms with Crippen molar-refractivity contribution in [1.82, 2.24) is 14.7 Å². The molecule has 0 atom stereocenters. The zero-order valence-electron chi connectivity index (χ0n) is 21.4. The van der Waals surface area contributed by atoms with Crippen molar-refractivity contribution in [1.29, 1.82) is 0 Å². The molecule has 0 aliphatic carbocycles. The Bertz CT molecular complexity index is 1120. The molecule has 3 heterocycles. The molecule has 0 saturated carbocycles. The van der Waals surface area contributed by atoms with Gasteiger partial charge in [-0.25, -0.2) is 9.18 Å². The second-order valence-corrected chi connectivity index (χ2v) is 10.5. The minimum Gasteiger partial charge on any atom is -0.497 e. The lowest BCUT2D eigenvalue weighted by Gasteiger charge is -2.45. The van der Waals surface area contributed by atoms with E-state index in [0.29, 0.717) is 18.2 Å². The molecule has 2 aromatic carbocycles. The smallest absolute Gasteiger partial charge is 0.323 e. The molecule has 192 valence electrons. The van der Waals surface area contributed by atoms with Crippen molar-refractivity contribution in [3.63, 3.8) is 0 Å². The molecule has 7 nitrogen and oxygen atoms in total. The third kappa shape index (κ3) is 4.43. The van der Waals surface area contributed by atoms with Crippen molar-refractivity contribution in [2.24, 2.45) is 0 Å². The molecule has 36 heavy (non-hydrogen) atoms. The Morgan fingerprint density at radius 2 is 1.67 bits per heavy atom. The summed E-state index contributed by atoms with van der Waals surface area (Å²) in [7, 11) is 5.13. The topological polar surface area (TPSA) is 56.3 Å². The zero-order valence-corrected chi connectivity index (χ0v) is 21.4. The van der Waals surface area contributed by atoms with E-state index in [1.807, 2.05) is 34.1 Å². The first kappa shape index (κ1) is 24.6. The van der Waals surface area contributed by atoms with E-state index in [-0.39, 0.29) is 23.2 Å². The van der Waals surface area contributed by atoms with E-state index in [9.17, 15) is 14.0 Å². The Balaban J connectivity index is 1.21. The van der Waals surface area contributed by atoms with Gasteiger partial charge in [-0.2, -0.15) is 0 Å². The third-order valence-electron chi connectivity index (χ3n) is 8.26. The summed E-state index contributed by atoms with van der Waals surface area (Å²) in [6, 6.07) is 12.5. The average Bonchev–Trinajstić information content (AvgIpc) is 3.21. The van der Waals surface area contributed by atoms with Gasteiger partial charge in [0.25, 0.3) is 5.91 Å². The first-order chi connectivity index (χ1) is 17.3. The summed E-state index contributed by atoms with van der Waals surface area (Å²) in [5.74, 6) is 0.572. The van der Waals surface area contributed by atoms with Gasteiger partial charge in [-0.05, 0) is 86.8 Å². The van der Waals surface area contributed by atoms with E-state index in [0.717, 1.165) is 68.9 Å². The summed E-state index contributed by atoms with van der Waals surface area (Å²) in [5.41, 5.74) is 2.30. The molecule has 2 fully saturated rings. The summed E-state index contributed by atoms with van der Waals surface area (Å²) in [6.45, 7) is 3.92. The Hall–Kier alpha value is -3.13. The number of hydrogen-bond acceptors (Lipinski definition) is 4. The quantitative estimate of drug-likeness (QED) is 0.648. The predicted octanol–water partition coefficient (Wildman–Crippen LogP) is 3.97. The van der Waals surface area contributed by atoms with E-state index >= 15 is 0 Å². The fourth-order valence-corrected chi connectivity index (χ4v) is 6.15. The van der Waals surface area contributed by atoms with Crippen LogP contribution in [0.15, 0.2) is 42.5 Å². The maximum atomic E-state index is 14.3. The molecule has 3 aliphatic heterocycles. The molecular weight excluding hydrogens is 459 g/mol. The zero-order chi connectivity index (χ0) is 25.4. The van der Waals surface area contributed by atoms with Gasteiger partial charge in [0.1, 0.15) is 11.6 Å². The van der Waals surface area contributed by atoms with Crippen molar-refractivity contribution >= 4 is 17.6 Å². The van der Waals surface area contributed by atoms with E-state index in [1.54, 1.807) is 38.2 Å². The summed E-state index contributed by atoms with van der Waals surface area (Å²) in [5, 5.41) is 0. The Morgan fingerprint density at radius 1 is 1.00 bits per heavy atom. The number of amides is 3. The van der Waals surface area contributed by atoms with Crippen LogP contribution in [0.3, 0.4) is 0 Å². The van der Waals surface area contributed by atoms with Crippen LogP contribution >= 0.6 is 0 Å². The normalized spacial score (nSPS) is 19.9. The summed E-state index contributed by atoms with van der Waals surface area (Å²) >= 11 is 0. The number of anilines is 1. The number of methoxy groups -OCH3 is 1. The highest BCUT2D eigenvalue weighted by atomic mass is 19.1. The number of fused-ring (bicyclic) bond motifs is 2. The molecule has 0 bridgehead atoms. The maximum Gasteiger partial charge on any atom is 0.323 e. The molecule has 5 rings (SSSR count). The summed E-state index contributed by atoms with van der Waals surface area (Å²) in [4.78, 5) is 33.7. The van der Waals surface area contributed by atoms with Gasteiger partial charge in [0.05, 0.1) is 7.11 Å². The number of urea groups is 1. The number of piperidine rings is 2. The lowest BCUT2D eigenvalue weighted by atomic mass is 9.74. The lowest BCUT2D eigenvalue weighted by molar-refractivity contribution is 0.0531. The Labute approximate surface area is 212 Å². The van der Waals surface area contributed by atoms with Crippen LogP contribution in [0.5, 0.6) is 5.75 Å². The molecular formula is C28H35FN4O3. The minimum absolute atomic E-state index is 0.0592. The van der Waals surface area contributed by atoms with Gasteiger partial charge >= 0.3 is 6.03 Å². The monoisotopic (exact) mass is 494 g/mol. The van der Waals surface area contributed by atoms with Crippen molar-refractivity contribution in [2.45, 2.75) is 37.1 Å². The van der Waals surface area contributed by atoms with Crippen LogP contribution in [0.1, 0.15) is 41.6 Å². The van der Waals surface area contributed by atoms with Gasteiger partial charge in [-0.3, -0.25) is 9.69 Å². The van der Waals surface area contributed by atoms with Crippen LogP contribution in [0.25, 0.3) is 0 Å². The third-order valence-corrected chi connectivity index (χ3v) is 8.26. The number of likely N-dealkylation sites (tertiary alicyclic amines) is 2. The lowest BCUT2D eigenvalue weighted by Crippen LogP contribution is -2.52. The fraction of sp³-hybridized carbons (Fsp3) is 0.500. The first-order valence-electron chi connectivity index (χ1n) is 12.8.